The summed E-state index contributed by atoms with van der Waals surface area (Å²) < 4.78 is 37.0. The number of halogens is 3. The van der Waals surface area contributed by atoms with Crippen LogP contribution in [0.2, 0.25) is 0 Å². The van der Waals surface area contributed by atoms with Crippen molar-refractivity contribution in [2.45, 2.75) is 6.18 Å². The summed E-state index contributed by atoms with van der Waals surface area (Å²) in [6.45, 7) is 3.18. The van der Waals surface area contributed by atoms with Crippen molar-refractivity contribution in [3.05, 3.63) is 36.4 Å². The van der Waals surface area contributed by atoms with Gasteiger partial charge in [-0.15, -0.1) is 0 Å². The molecule has 0 fully saturated rings. The van der Waals surface area contributed by atoms with E-state index in [1.54, 1.807) is 0 Å². The third-order valence-electron chi connectivity index (χ3n) is 1.82. The van der Waals surface area contributed by atoms with Gasteiger partial charge >= 0.3 is 6.18 Å². The van der Waals surface area contributed by atoms with Crippen LogP contribution in [-0.4, -0.2) is 5.91 Å². The molecule has 0 saturated heterocycles. The molecule has 1 aromatic carbocycles. The predicted octanol–water partition coefficient (Wildman–Crippen LogP) is 2.41. The fourth-order valence-electron chi connectivity index (χ4n) is 1.02. The van der Waals surface area contributed by atoms with Crippen molar-refractivity contribution in [2.24, 2.45) is 0 Å². The van der Waals surface area contributed by atoms with Crippen LogP contribution in [-0.2, 0) is 11.0 Å². The minimum Gasteiger partial charge on any atom is -0.397 e. The normalized spacial score (nSPS) is 10.9. The van der Waals surface area contributed by atoms with Gasteiger partial charge in [-0.3, -0.25) is 4.79 Å². The van der Waals surface area contributed by atoms with Crippen molar-refractivity contribution >= 4 is 17.3 Å². The van der Waals surface area contributed by atoms with Crippen molar-refractivity contribution in [3.63, 3.8) is 0 Å². The van der Waals surface area contributed by atoms with Gasteiger partial charge < -0.3 is 11.1 Å². The molecule has 0 aliphatic carbocycles. The standard InChI is InChI=1S/C10H9F3N2O/c1-2-9(16)15-8-5-6(10(11,12)13)3-4-7(8)14/h2-5H,1,14H2,(H,15,16). The zero-order valence-electron chi connectivity index (χ0n) is 8.14. The lowest BCUT2D eigenvalue weighted by Crippen LogP contribution is -2.12. The number of carbonyl (C=O) groups is 1. The molecule has 6 heteroatoms. The molecule has 0 aliphatic rings. The van der Waals surface area contributed by atoms with E-state index in [-0.39, 0.29) is 11.4 Å². The van der Waals surface area contributed by atoms with Gasteiger partial charge in [0.05, 0.1) is 16.9 Å². The zero-order valence-corrected chi connectivity index (χ0v) is 8.14. The second kappa shape index (κ2) is 4.26. The number of rotatable bonds is 2. The Morgan fingerprint density at radius 1 is 1.44 bits per heavy atom. The van der Waals surface area contributed by atoms with E-state index in [4.69, 9.17) is 5.73 Å². The molecule has 0 aromatic heterocycles. The largest absolute Gasteiger partial charge is 0.416 e. The highest BCUT2D eigenvalue weighted by molar-refractivity contribution is 6.00. The number of carbonyl (C=O) groups excluding carboxylic acids is 1. The summed E-state index contributed by atoms with van der Waals surface area (Å²) >= 11 is 0. The van der Waals surface area contributed by atoms with Crippen molar-refractivity contribution in [1.29, 1.82) is 0 Å². The molecule has 0 bridgehead atoms. The van der Waals surface area contributed by atoms with E-state index in [1.807, 2.05) is 0 Å². The maximum absolute atomic E-state index is 12.3. The fraction of sp³-hybridized carbons (Fsp3) is 0.100. The van der Waals surface area contributed by atoms with Crippen LogP contribution in [0.15, 0.2) is 30.9 Å². The maximum atomic E-state index is 12.3. The molecule has 0 atom stereocenters. The molecule has 0 aliphatic heterocycles. The van der Waals surface area contributed by atoms with E-state index >= 15 is 0 Å². The molecule has 0 unspecified atom stereocenters. The Bertz CT molecular complexity index is 427. The highest BCUT2D eigenvalue weighted by Crippen LogP contribution is 2.32. The number of hydrogen-bond acceptors (Lipinski definition) is 2. The van der Waals surface area contributed by atoms with Crippen LogP contribution in [0, 0.1) is 0 Å². The second-order valence-electron chi connectivity index (χ2n) is 2.99. The van der Waals surface area contributed by atoms with Crippen LogP contribution in [0.3, 0.4) is 0 Å². The van der Waals surface area contributed by atoms with Gasteiger partial charge in [0.15, 0.2) is 0 Å². The number of benzene rings is 1. The number of alkyl halides is 3. The van der Waals surface area contributed by atoms with Crippen LogP contribution < -0.4 is 11.1 Å². The van der Waals surface area contributed by atoms with Gasteiger partial charge in [0, 0.05) is 0 Å². The van der Waals surface area contributed by atoms with Crippen LogP contribution in [0.25, 0.3) is 0 Å². The summed E-state index contributed by atoms with van der Waals surface area (Å²) in [6.07, 6.45) is -3.53. The van der Waals surface area contributed by atoms with Gasteiger partial charge in [-0.25, -0.2) is 0 Å². The van der Waals surface area contributed by atoms with Crippen molar-refractivity contribution in [3.8, 4) is 0 Å². The molecule has 3 nitrogen and oxygen atoms in total. The Morgan fingerprint density at radius 2 is 2.06 bits per heavy atom. The molecule has 3 N–H and O–H groups in total. The maximum Gasteiger partial charge on any atom is 0.416 e. The summed E-state index contributed by atoms with van der Waals surface area (Å²) in [4.78, 5) is 10.9. The average molecular weight is 230 g/mol. The van der Waals surface area contributed by atoms with Gasteiger partial charge in [0.2, 0.25) is 5.91 Å². The summed E-state index contributed by atoms with van der Waals surface area (Å²) in [7, 11) is 0. The number of anilines is 2. The molecular formula is C10H9F3N2O. The highest BCUT2D eigenvalue weighted by atomic mass is 19.4. The molecule has 0 spiro atoms. The quantitative estimate of drug-likeness (QED) is 0.605. The molecule has 1 amide bonds. The first-order chi connectivity index (χ1) is 7.34. The summed E-state index contributed by atoms with van der Waals surface area (Å²) in [5.41, 5.74) is 4.52. The van der Waals surface area contributed by atoms with Crippen molar-refractivity contribution in [1.82, 2.24) is 0 Å². The summed E-state index contributed by atoms with van der Waals surface area (Å²) in [5.74, 6) is -0.619. The van der Waals surface area contributed by atoms with Gasteiger partial charge in [0.25, 0.3) is 0 Å². The van der Waals surface area contributed by atoms with Gasteiger partial charge in [-0.1, -0.05) is 6.58 Å². The van der Waals surface area contributed by atoms with E-state index in [2.05, 4.69) is 11.9 Å². The van der Waals surface area contributed by atoms with Gasteiger partial charge in [-0.05, 0) is 24.3 Å². The van der Waals surface area contributed by atoms with E-state index in [0.717, 1.165) is 24.3 Å². The molecule has 0 radical (unpaired) electrons. The smallest absolute Gasteiger partial charge is 0.397 e. The van der Waals surface area contributed by atoms with E-state index in [1.165, 1.54) is 0 Å². The number of nitrogens with one attached hydrogen (secondary N) is 1. The second-order valence-corrected chi connectivity index (χ2v) is 2.99. The highest BCUT2D eigenvalue weighted by Gasteiger charge is 2.30. The third kappa shape index (κ3) is 2.75. The molecule has 1 rings (SSSR count). The Morgan fingerprint density at radius 3 is 2.56 bits per heavy atom. The number of nitrogen functional groups attached to an aromatic ring is 1. The van der Waals surface area contributed by atoms with Crippen molar-refractivity contribution < 1.29 is 18.0 Å². The Labute approximate surface area is 89.7 Å². The van der Waals surface area contributed by atoms with Crippen LogP contribution in [0.1, 0.15) is 5.56 Å². The first kappa shape index (κ1) is 12.1. The zero-order chi connectivity index (χ0) is 12.3. The first-order valence-corrected chi connectivity index (χ1v) is 4.24. The van der Waals surface area contributed by atoms with Gasteiger partial charge in [0.1, 0.15) is 0 Å². The molecule has 0 heterocycles. The minimum absolute atomic E-state index is 0.0585. The van der Waals surface area contributed by atoms with E-state index < -0.39 is 17.6 Å². The Kier molecular flexibility index (Phi) is 3.22. The lowest BCUT2D eigenvalue weighted by molar-refractivity contribution is -0.137. The molecule has 16 heavy (non-hydrogen) atoms. The van der Waals surface area contributed by atoms with E-state index in [9.17, 15) is 18.0 Å². The summed E-state index contributed by atoms with van der Waals surface area (Å²) in [6, 6.07) is 2.71. The van der Waals surface area contributed by atoms with E-state index in [0.29, 0.717) is 0 Å². The third-order valence-corrected chi connectivity index (χ3v) is 1.82. The lowest BCUT2D eigenvalue weighted by atomic mass is 10.1. The van der Waals surface area contributed by atoms with Crippen LogP contribution in [0.5, 0.6) is 0 Å². The van der Waals surface area contributed by atoms with Gasteiger partial charge in [-0.2, -0.15) is 13.2 Å². The van der Waals surface area contributed by atoms with Crippen LogP contribution in [0.4, 0.5) is 24.5 Å². The number of hydrogen-bond donors (Lipinski definition) is 2. The lowest BCUT2D eigenvalue weighted by Gasteiger charge is -2.11. The van der Waals surface area contributed by atoms with Crippen LogP contribution >= 0.6 is 0 Å². The molecule has 1 aromatic rings. The molecule has 86 valence electrons. The SMILES string of the molecule is C=CC(=O)Nc1cc(C(F)(F)F)ccc1N. The average Bonchev–Trinajstić information content (AvgIpc) is 2.19. The topological polar surface area (TPSA) is 55.1 Å². The predicted molar refractivity (Wildman–Crippen MR) is 54.7 cm³/mol. The molecule has 0 saturated carbocycles. The molecular weight excluding hydrogens is 221 g/mol. The Balaban J connectivity index is 3.09. The first-order valence-electron chi connectivity index (χ1n) is 4.24. The Hall–Kier alpha value is -1.98. The fourth-order valence-corrected chi connectivity index (χ4v) is 1.02. The number of nitrogens with two attached hydrogens (primary N) is 1. The minimum atomic E-state index is -4.47. The van der Waals surface area contributed by atoms with Crippen molar-refractivity contribution in [2.75, 3.05) is 11.1 Å². The summed E-state index contributed by atoms with van der Waals surface area (Å²) in [5, 5.41) is 2.19. The number of amides is 1. The monoisotopic (exact) mass is 230 g/mol.